The molecule has 2 aliphatic carbocycles. The zero-order chi connectivity index (χ0) is 17.0. The van der Waals surface area contributed by atoms with Crippen LogP contribution in [0.4, 0.5) is 5.69 Å². The van der Waals surface area contributed by atoms with Crippen LogP contribution in [-0.4, -0.2) is 20.9 Å². The fourth-order valence-corrected chi connectivity index (χ4v) is 5.44. The van der Waals surface area contributed by atoms with Gasteiger partial charge < -0.3 is 11.1 Å². The molecule has 1 amide bonds. The Hall–Kier alpha value is -0.910. The zero-order valence-electron chi connectivity index (χ0n) is 14.7. The summed E-state index contributed by atoms with van der Waals surface area (Å²) in [6.07, 6.45) is 9.38. The second kappa shape index (κ2) is 9.15. The van der Waals surface area contributed by atoms with Crippen molar-refractivity contribution in [3.05, 3.63) is 29.8 Å². The SMILES string of the molecule is Cl.NC1(C(=O)Nc2cccc(CS(=O)C3CCCCC3)c2)CCCC1. The van der Waals surface area contributed by atoms with E-state index >= 15 is 0 Å². The van der Waals surface area contributed by atoms with Crippen molar-refractivity contribution in [2.75, 3.05) is 5.32 Å². The summed E-state index contributed by atoms with van der Waals surface area (Å²) in [5.74, 6) is 0.479. The molecule has 0 heterocycles. The number of carbonyl (C=O) groups is 1. The second-order valence-corrected chi connectivity index (χ2v) is 9.02. The summed E-state index contributed by atoms with van der Waals surface area (Å²) in [6, 6.07) is 7.73. The normalized spacial score (nSPS) is 21.3. The molecule has 1 atom stereocenters. The lowest BCUT2D eigenvalue weighted by atomic mass is 9.98. The highest BCUT2D eigenvalue weighted by Crippen LogP contribution is 2.29. The Morgan fingerprint density at radius 3 is 2.52 bits per heavy atom. The number of amides is 1. The highest BCUT2D eigenvalue weighted by molar-refractivity contribution is 7.84. The highest BCUT2D eigenvalue weighted by atomic mass is 35.5. The fourth-order valence-electron chi connectivity index (χ4n) is 3.84. The second-order valence-electron chi connectivity index (χ2n) is 7.30. The van der Waals surface area contributed by atoms with E-state index in [1.807, 2.05) is 24.3 Å². The van der Waals surface area contributed by atoms with E-state index in [4.69, 9.17) is 5.73 Å². The summed E-state index contributed by atoms with van der Waals surface area (Å²) in [5.41, 5.74) is 7.27. The number of hydrogen-bond acceptors (Lipinski definition) is 3. The van der Waals surface area contributed by atoms with Gasteiger partial charge in [0.2, 0.25) is 5.91 Å². The smallest absolute Gasteiger partial charge is 0.244 e. The lowest BCUT2D eigenvalue weighted by Crippen LogP contribution is -2.48. The molecule has 6 heteroatoms. The van der Waals surface area contributed by atoms with Crippen molar-refractivity contribution in [1.29, 1.82) is 0 Å². The molecular formula is C19H29ClN2O2S. The Morgan fingerprint density at radius 2 is 1.84 bits per heavy atom. The molecule has 0 saturated heterocycles. The first kappa shape index (κ1) is 20.4. The van der Waals surface area contributed by atoms with Gasteiger partial charge in [-0.1, -0.05) is 44.2 Å². The van der Waals surface area contributed by atoms with E-state index in [9.17, 15) is 9.00 Å². The molecule has 1 aromatic carbocycles. The van der Waals surface area contributed by atoms with E-state index in [1.54, 1.807) is 0 Å². The Labute approximate surface area is 159 Å². The molecule has 1 aromatic rings. The van der Waals surface area contributed by atoms with Gasteiger partial charge in [-0.25, -0.2) is 0 Å². The fraction of sp³-hybridized carbons (Fsp3) is 0.632. The monoisotopic (exact) mass is 384 g/mol. The van der Waals surface area contributed by atoms with Crippen LogP contribution in [-0.2, 0) is 21.3 Å². The first-order chi connectivity index (χ1) is 11.6. The van der Waals surface area contributed by atoms with Crippen LogP contribution < -0.4 is 11.1 Å². The van der Waals surface area contributed by atoms with Gasteiger partial charge in [0.1, 0.15) is 0 Å². The van der Waals surface area contributed by atoms with E-state index in [0.29, 0.717) is 11.0 Å². The van der Waals surface area contributed by atoms with Crippen LogP contribution in [0.1, 0.15) is 63.4 Å². The van der Waals surface area contributed by atoms with E-state index < -0.39 is 16.3 Å². The van der Waals surface area contributed by atoms with Crippen molar-refractivity contribution in [2.24, 2.45) is 5.73 Å². The van der Waals surface area contributed by atoms with Crippen LogP contribution >= 0.6 is 12.4 Å². The van der Waals surface area contributed by atoms with Gasteiger partial charge in [-0.05, 0) is 43.4 Å². The van der Waals surface area contributed by atoms with E-state index in [0.717, 1.165) is 49.8 Å². The minimum atomic E-state index is -0.826. The quantitative estimate of drug-likeness (QED) is 0.808. The molecule has 0 aliphatic heterocycles. The number of benzene rings is 1. The summed E-state index contributed by atoms with van der Waals surface area (Å²) in [7, 11) is -0.826. The number of anilines is 1. The van der Waals surface area contributed by atoms with Gasteiger partial charge in [0, 0.05) is 27.5 Å². The number of rotatable bonds is 5. The summed E-state index contributed by atoms with van der Waals surface area (Å²) in [5, 5.41) is 3.29. The van der Waals surface area contributed by atoms with Gasteiger partial charge in [-0.15, -0.1) is 12.4 Å². The van der Waals surface area contributed by atoms with Gasteiger partial charge in [0.05, 0.1) is 5.54 Å². The van der Waals surface area contributed by atoms with Gasteiger partial charge in [-0.3, -0.25) is 9.00 Å². The molecule has 0 spiro atoms. The molecule has 4 nitrogen and oxygen atoms in total. The molecule has 140 valence electrons. The molecule has 0 aromatic heterocycles. The number of hydrogen-bond donors (Lipinski definition) is 2. The van der Waals surface area contributed by atoms with Crippen molar-refractivity contribution in [1.82, 2.24) is 0 Å². The minimum absolute atomic E-state index is 0. The topological polar surface area (TPSA) is 72.2 Å². The average molecular weight is 385 g/mol. The standard InChI is InChI=1S/C19H28N2O2S.ClH/c20-19(11-4-5-12-19)18(22)21-16-8-6-7-15(13-16)14-24(23)17-9-2-1-3-10-17;/h6-8,13,17H,1-5,9-12,14,20H2,(H,21,22);1H. The molecule has 2 fully saturated rings. The average Bonchev–Trinajstić information content (AvgIpc) is 3.04. The summed E-state index contributed by atoms with van der Waals surface area (Å²) in [4.78, 5) is 12.4. The van der Waals surface area contributed by atoms with Gasteiger partial charge in [-0.2, -0.15) is 0 Å². The first-order valence-electron chi connectivity index (χ1n) is 9.13. The molecule has 3 rings (SSSR count). The largest absolute Gasteiger partial charge is 0.324 e. The molecular weight excluding hydrogens is 356 g/mol. The Balaban J connectivity index is 0.00000225. The Morgan fingerprint density at radius 1 is 1.16 bits per heavy atom. The molecule has 2 aliphatic rings. The third-order valence-corrected chi connectivity index (χ3v) is 7.20. The molecule has 1 unspecified atom stereocenters. The van der Waals surface area contributed by atoms with Crippen LogP contribution in [0, 0.1) is 0 Å². The summed E-state index contributed by atoms with van der Waals surface area (Å²) in [6.45, 7) is 0. The van der Waals surface area contributed by atoms with Crippen LogP contribution in [0.25, 0.3) is 0 Å². The van der Waals surface area contributed by atoms with Crippen molar-refractivity contribution < 1.29 is 9.00 Å². The van der Waals surface area contributed by atoms with Gasteiger partial charge in [0.15, 0.2) is 0 Å². The highest BCUT2D eigenvalue weighted by Gasteiger charge is 2.36. The molecule has 3 N–H and O–H groups in total. The van der Waals surface area contributed by atoms with Crippen molar-refractivity contribution >= 4 is 34.8 Å². The van der Waals surface area contributed by atoms with Gasteiger partial charge >= 0.3 is 0 Å². The maximum atomic E-state index is 12.6. The van der Waals surface area contributed by atoms with Crippen LogP contribution in [0.15, 0.2) is 24.3 Å². The van der Waals surface area contributed by atoms with E-state index in [-0.39, 0.29) is 18.3 Å². The number of nitrogens with two attached hydrogens (primary N) is 1. The third kappa shape index (κ3) is 5.28. The lowest BCUT2D eigenvalue weighted by Gasteiger charge is -2.23. The summed E-state index contributed by atoms with van der Waals surface area (Å²) < 4.78 is 12.6. The number of halogens is 1. The number of nitrogens with one attached hydrogen (secondary N) is 1. The van der Waals surface area contributed by atoms with Gasteiger partial charge in [0.25, 0.3) is 0 Å². The van der Waals surface area contributed by atoms with Crippen molar-refractivity contribution in [3.63, 3.8) is 0 Å². The van der Waals surface area contributed by atoms with Crippen LogP contribution in [0.2, 0.25) is 0 Å². The van der Waals surface area contributed by atoms with Crippen LogP contribution in [0.5, 0.6) is 0 Å². The van der Waals surface area contributed by atoms with Crippen LogP contribution in [0.3, 0.4) is 0 Å². The zero-order valence-corrected chi connectivity index (χ0v) is 16.3. The lowest BCUT2D eigenvalue weighted by molar-refractivity contribution is -0.121. The van der Waals surface area contributed by atoms with E-state index in [1.165, 1.54) is 19.3 Å². The predicted molar refractivity (Wildman–Crippen MR) is 106 cm³/mol. The molecule has 2 saturated carbocycles. The summed E-state index contributed by atoms with van der Waals surface area (Å²) >= 11 is 0. The molecule has 0 radical (unpaired) electrons. The Bertz CT molecular complexity index is 611. The van der Waals surface area contributed by atoms with Crippen molar-refractivity contribution in [2.45, 2.75) is 74.3 Å². The number of carbonyl (C=O) groups excluding carboxylic acids is 1. The Kier molecular flexibility index (Phi) is 7.47. The molecule has 25 heavy (non-hydrogen) atoms. The first-order valence-corrected chi connectivity index (χ1v) is 10.5. The molecule has 0 bridgehead atoms. The predicted octanol–water partition coefficient (Wildman–Crippen LogP) is 3.90. The van der Waals surface area contributed by atoms with E-state index in [2.05, 4.69) is 5.32 Å². The third-order valence-electron chi connectivity index (χ3n) is 5.37. The minimum Gasteiger partial charge on any atom is -0.324 e. The maximum absolute atomic E-state index is 12.6. The maximum Gasteiger partial charge on any atom is 0.244 e. The van der Waals surface area contributed by atoms with Crippen molar-refractivity contribution in [3.8, 4) is 0 Å².